The molecule has 0 bridgehead atoms. The molecule has 7 aromatic carbocycles. The lowest BCUT2D eigenvalue weighted by Crippen LogP contribution is -2.10. The van der Waals surface area contributed by atoms with Crippen LogP contribution in [0.3, 0.4) is 0 Å². The monoisotopic (exact) mass is 741 g/mol. The molecule has 2 N–H and O–H groups in total. The molecule has 270 valence electrons. The molecule has 0 amide bonds. The summed E-state index contributed by atoms with van der Waals surface area (Å²) in [7, 11) is 0. The summed E-state index contributed by atoms with van der Waals surface area (Å²) in [6.45, 7) is 0. The summed E-state index contributed by atoms with van der Waals surface area (Å²) in [6.07, 6.45) is 7.06. The number of benzene rings is 7. The van der Waals surface area contributed by atoms with Crippen molar-refractivity contribution in [1.29, 1.82) is 15.8 Å². The molecule has 1 atom stereocenters. The third-order valence-corrected chi connectivity index (χ3v) is 11.8. The maximum atomic E-state index is 10.9. The Morgan fingerprint density at radius 1 is 0.534 bits per heavy atom. The van der Waals surface area contributed by atoms with Crippen LogP contribution in [0.5, 0.6) is 0 Å². The highest BCUT2D eigenvalue weighted by molar-refractivity contribution is 6.40. The number of nitrogens with zero attached hydrogens (tertiary/aromatic N) is 6. The second kappa shape index (κ2) is 12.6. The fourth-order valence-corrected chi connectivity index (χ4v) is 9.28. The minimum Gasteiger partial charge on any atom is -0.399 e. The zero-order chi connectivity index (χ0) is 39.1. The van der Waals surface area contributed by atoms with Crippen molar-refractivity contribution >= 4 is 65.4 Å². The largest absolute Gasteiger partial charge is 0.399 e. The van der Waals surface area contributed by atoms with Crippen molar-refractivity contribution in [2.24, 2.45) is 5.73 Å². The van der Waals surface area contributed by atoms with Crippen LogP contribution in [-0.4, -0.2) is 13.7 Å². The highest BCUT2D eigenvalue weighted by Crippen LogP contribution is 2.51. The fourth-order valence-electron chi connectivity index (χ4n) is 9.28. The molecule has 1 unspecified atom stereocenters. The minimum atomic E-state index is -0.00780. The topological polar surface area (TPSA) is 112 Å². The maximum Gasteiger partial charge on any atom is 0.101 e. The standard InChI is InChI=1S/C51H31N7/c52-28-31-13-17-33(18-14-31)34-19-26-42(35(27-34)30-54)58-45-12-6-3-9-41(45)48-50-46(39-7-1-4-10-43(39)57(50)38-24-20-36(55)21-25-38)49-47(51(48)58)40-8-2-5-11-44(40)56(49)37-22-15-32(29-53)16-23-37/h1-24,26-27,38H,25,55H2. The van der Waals surface area contributed by atoms with Crippen LogP contribution in [0.2, 0.25) is 0 Å². The van der Waals surface area contributed by atoms with E-state index in [-0.39, 0.29) is 6.04 Å². The van der Waals surface area contributed by atoms with Gasteiger partial charge in [-0.05, 0) is 90.4 Å². The zero-order valence-corrected chi connectivity index (χ0v) is 31.1. The molecule has 0 saturated heterocycles. The molecular formula is C51H31N7. The number of hydrogen-bond acceptors (Lipinski definition) is 4. The number of nitriles is 3. The van der Waals surface area contributed by atoms with E-state index in [2.05, 4.69) is 129 Å². The van der Waals surface area contributed by atoms with Gasteiger partial charge in [0.15, 0.2) is 0 Å². The van der Waals surface area contributed by atoms with Crippen LogP contribution in [0, 0.1) is 34.0 Å². The van der Waals surface area contributed by atoms with Gasteiger partial charge in [0.2, 0.25) is 0 Å². The van der Waals surface area contributed by atoms with Gasteiger partial charge in [-0.1, -0.05) is 84.9 Å². The van der Waals surface area contributed by atoms with Gasteiger partial charge >= 0.3 is 0 Å². The van der Waals surface area contributed by atoms with Gasteiger partial charge in [-0.15, -0.1) is 0 Å². The minimum absolute atomic E-state index is 0.00780. The second-order valence-corrected chi connectivity index (χ2v) is 14.8. The molecule has 0 aliphatic heterocycles. The summed E-state index contributed by atoms with van der Waals surface area (Å²) in [6, 6.07) is 54.1. The zero-order valence-electron chi connectivity index (χ0n) is 31.1. The van der Waals surface area contributed by atoms with Crippen LogP contribution in [0.1, 0.15) is 29.2 Å². The Hall–Kier alpha value is -8.31. The average molecular weight is 742 g/mol. The van der Waals surface area contributed by atoms with Gasteiger partial charge in [0, 0.05) is 49.2 Å². The molecule has 3 aromatic heterocycles. The Labute approximate surface area is 332 Å². The molecule has 7 heteroatoms. The van der Waals surface area contributed by atoms with Gasteiger partial charge in [0.25, 0.3) is 0 Å². The first-order valence-corrected chi connectivity index (χ1v) is 19.2. The molecule has 0 spiro atoms. The summed E-state index contributed by atoms with van der Waals surface area (Å²) in [5.41, 5.74) is 18.6. The Morgan fingerprint density at radius 3 is 1.67 bits per heavy atom. The third-order valence-electron chi connectivity index (χ3n) is 11.8. The predicted octanol–water partition coefficient (Wildman–Crippen LogP) is 11.6. The van der Waals surface area contributed by atoms with Gasteiger partial charge in [0.1, 0.15) is 6.07 Å². The maximum absolute atomic E-state index is 10.9. The van der Waals surface area contributed by atoms with Gasteiger partial charge < -0.3 is 19.4 Å². The van der Waals surface area contributed by atoms with Crippen LogP contribution in [0.4, 0.5) is 0 Å². The highest BCUT2D eigenvalue weighted by Gasteiger charge is 2.30. The number of nitrogens with two attached hydrogens (primary N) is 1. The molecule has 3 heterocycles. The SMILES string of the molecule is N#Cc1ccc(-c2ccc(-n3c4ccccc4c4c3c3c5ccccc5n(-c5ccc(C#N)cc5)c3c3c5ccccc5n(C5C=CC(N)=CC5)c34)c(C#N)c2)cc1. The van der Waals surface area contributed by atoms with E-state index in [4.69, 9.17) is 5.73 Å². The summed E-state index contributed by atoms with van der Waals surface area (Å²) in [4.78, 5) is 0. The van der Waals surface area contributed by atoms with E-state index in [0.29, 0.717) is 16.7 Å². The Morgan fingerprint density at radius 2 is 1.07 bits per heavy atom. The lowest BCUT2D eigenvalue weighted by atomic mass is 10.0. The smallest absolute Gasteiger partial charge is 0.101 e. The van der Waals surface area contributed by atoms with Crippen molar-refractivity contribution in [1.82, 2.24) is 13.7 Å². The highest BCUT2D eigenvalue weighted by atomic mass is 15.1. The number of rotatable bonds is 4. The van der Waals surface area contributed by atoms with Crippen LogP contribution < -0.4 is 5.73 Å². The van der Waals surface area contributed by atoms with Gasteiger partial charge in [-0.25, -0.2) is 0 Å². The molecule has 7 nitrogen and oxygen atoms in total. The predicted molar refractivity (Wildman–Crippen MR) is 233 cm³/mol. The third kappa shape index (κ3) is 4.64. The van der Waals surface area contributed by atoms with E-state index in [1.165, 1.54) is 0 Å². The molecule has 0 saturated carbocycles. The number of aromatic nitrogens is 3. The normalized spacial score (nSPS) is 14.0. The van der Waals surface area contributed by atoms with E-state index >= 15 is 0 Å². The van der Waals surface area contributed by atoms with Crippen LogP contribution in [-0.2, 0) is 0 Å². The van der Waals surface area contributed by atoms with E-state index in [1.807, 2.05) is 48.5 Å². The number of hydrogen-bond donors (Lipinski definition) is 1. The van der Waals surface area contributed by atoms with E-state index in [1.54, 1.807) is 12.1 Å². The molecule has 11 rings (SSSR count). The van der Waals surface area contributed by atoms with E-state index in [0.717, 1.165) is 100 Å². The first-order valence-electron chi connectivity index (χ1n) is 19.2. The molecule has 10 aromatic rings. The molecule has 1 aliphatic rings. The molecule has 58 heavy (non-hydrogen) atoms. The first kappa shape index (κ1) is 33.1. The van der Waals surface area contributed by atoms with Crippen molar-refractivity contribution in [2.45, 2.75) is 12.5 Å². The van der Waals surface area contributed by atoms with Crippen LogP contribution in [0.15, 0.2) is 163 Å². The first-order chi connectivity index (χ1) is 28.6. The molecule has 1 aliphatic carbocycles. The Kier molecular flexibility index (Phi) is 7.19. The number of fused-ring (bicyclic) bond motifs is 12. The van der Waals surface area contributed by atoms with E-state index < -0.39 is 0 Å². The Bertz CT molecular complexity index is 3570. The molecule has 0 radical (unpaired) electrons. The van der Waals surface area contributed by atoms with Gasteiger partial charge in [0.05, 0.1) is 68.1 Å². The van der Waals surface area contributed by atoms with Gasteiger partial charge in [-0.2, -0.15) is 15.8 Å². The lowest BCUT2D eigenvalue weighted by Gasteiger charge is -2.20. The lowest BCUT2D eigenvalue weighted by molar-refractivity contribution is 0.645. The van der Waals surface area contributed by atoms with Crippen molar-refractivity contribution in [2.75, 3.05) is 0 Å². The second-order valence-electron chi connectivity index (χ2n) is 14.8. The summed E-state index contributed by atoms with van der Waals surface area (Å²) in [5.74, 6) is 0. The number of para-hydroxylation sites is 3. The fraction of sp³-hybridized carbons (Fsp3) is 0.0392. The summed E-state index contributed by atoms with van der Waals surface area (Å²) >= 11 is 0. The Balaban J connectivity index is 1.38. The van der Waals surface area contributed by atoms with Crippen LogP contribution in [0.25, 0.3) is 87.9 Å². The van der Waals surface area contributed by atoms with Crippen molar-refractivity contribution in [3.05, 3.63) is 180 Å². The van der Waals surface area contributed by atoms with Crippen molar-refractivity contribution in [3.63, 3.8) is 0 Å². The van der Waals surface area contributed by atoms with Crippen molar-refractivity contribution < 1.29 is 0 Å². The van der Waals surface area contributed by atoms with E-state index in [9.17, 15) is 15.8 Å². The van der Waals surface area contributed by atoms with Crippen molar-refractivity contribution in [3.8, 4) is 40.7 Å². The quantitative estimate of drug-likeness (QED) is 0.193. The average Bonchev–Trinajstić information content (AvgIpc) is 3.92. The summed E-state index contributed by atoms with van der Waals surface area (Å²) < 4.78 is 7.13. The van der Waals surface area contributed by atoms with Crippen LogP contribution >= 0.6 is 0 Å². The molecule has 0 fully saturated rings. The molecular weight excluding hydrogens is 711 g/mol. The van der Waals surface area contributed by atoms with Gasteiger partial charge in [-0.3, -0.25) is 0 Å². The summed E-state index contributed by atoms with van der Waals surface area (Å²) in [5, 5.41) is 36.7. The number of allylic oxidation sites excluding steroid dienone is 3.